The van der Waals surface area contributed by atoms with Crippen LogP contribution in [0.1, 0.15) is 36.4 Å². The topological polar surface area (TPSA) is 131 Å². The number of nitrogens with zero attached hydrogens (tertiary/aromatic N) is 3. The van der Waals surface area contributed by atoms with Crippen molar-refractivity contribution in [3.63, 3.8) is 0 Å². The molecule has 2 heterocycles. The van der Waals surface area contributed by atoms with E-state index < -0.39 is 18.6 Å². The molecule has 182 valence electrons. The number of rotatable bonds is 10. The van der Waals surface area contributed by atoms with Gasteiger partial charge in [-0.3, -0.25) is 9.78 Å². The summed E-state index contributed by atoms with van der Waals surface area (Å²) in [5.74, 6) is 1.50. The van der Waals surface area contributed by atoms with E-state index in [4.69, 9.17) is 14.4 Å². The maximum atomic E-state index is 11.1. The predicted molar refractivity (Wildman–Crippen MR) is 127 cm³/mol. The number of pyridine rings is 1. The highest BCUT2D eigenvalue weighted by molar-refractivity contribution is 5.76. The lowest BCUT2D eigenvalue weighted by Crippen LogP contribution is -2.36. The molecule has 2 aromatic heterocycles. The normalized spacial score (nSPS) is 12.1. The summed E-state index contributed by atoms with van der Waals surface area (Å²) < 4.78 is 11.3. The van der Waals surface area contributed by atoms with Gasteiger partial charge in [0.15, 0.2) is 0 Å². The molecule has 1 aromatic carbocycles. The lowest BCUT2D eigenvalue weighted by molar-refractivity contribution is -0.124. The van der Waals surface area contributed by atoms with Gasteiger partial charge in [-0.1, -0.05) is 19.0 Å². The molecule has 9 heteroatoms. The van der Waals surface area contributed by atoms with Gasteiger partial charge in [0.1, 0.15) is 25.1 Å². The van der Waals surface area contributed by atoms with Crippen molar-refractivity contribution in [2.45, 2.75) is 47.1 Å². The van der Waals surface area contributed by atoms with Gasteiger partial charge in [0, 0.05) is 29.1 Å². The molecule has 0 saturated carbocycles. The van der Waals surface area contributed by atoms with Gasteiger partial charge in [-0.25, -0.2) is 0 Å². The molecule has 34 heavy (non-hydrogen) atoms. The van der Waals surface area contributed by atoms with Crippen LogP contribution in [0.4, 0.5) is 0 Å². The van der Waals surface area contributed by atoms with Crippen molar-refractivity contribution >= 4 is 5.91 Å². The molecule has 0 aliphatic rings. The van der Waals surface area contributed by atoms with E-state index in [0.717, 1.165) is 40.1 Å². The highest BCUT2D eigenvalue weighted by Gasteiger charge is 2.16. The number of carbonyl (C=O) groups excluding carboxylic acids is 1. The van der Waals surface area contributed by atoms with Gasteiger partial charge in [0.2, 0.25) is 11.7 Å². The van der Waals surface area contributed by atoms with Crippen LogP contribution < -0.4 is 10.1 Å². The second-order valence-electron chi connectivity index (χ2n) is 8.88. The maximum Gasteiger partial charge on any atom is 0.258 e. The van der Waals surface area contributed by atoms with E-state index in [1.165, 1.54) is 0 Å². The number of hydrogen-bond donors (Lipinski definition) is 3. The van der Waals surface area contributed by atoms with Crippen molar-refractivity contribution in [2.24, 2.45) is 5.92 Å². The number of aliphatic hydroxyl groups is 2. The Kier molecular flexibility index (Phi) is 8.36. The quantitative estimate of drug-likeness (QED) is 0.414. The lowest BCUT2D eigenvalue weighted by Gasteiger charge is -2.16. The zero-order valence-electron chi connectivity index (χ0n) is 20.3. The molecule has 0 unspecified atom stereocenters. The molecule has 3 N–H and O–H groups in total. The zero-order chi connectivity index (χ0) is 24.8. The number of hydrogen-bond acceptors (Lipinski definition) is 8. The van der Waals surface area contributed by atoms with Crippen molar-refractivity contribution in [3.8, 4) is 28.6 Å². The third kappa shape index (κ3) is 6.61. The molecule has 3 aromatic rings. The van der Waals surface area contributed by atoms with Crippen molar-refractivity contribution < 1.29 is 24.3 Å². The van der Waals surface area contributed by atoms with E-state index in [1.807, 2.05) is 45.0 Å². The van der Waals surface area contributed by atoms with Crippen LogP contribution in [0.2, 0.25) is 0 Å². The van der Waals surface area contributed by atoms with E-state index in [2.05, 4.69) is 34.3 Å². The average molecular weight is 469 g/mol. The summed E-state index contributed by atoms with van der Waals surface area (Å²) in [5, 5.41) is 25.3. The Labute approximate surface area is 199 Å². The number of amides is 1. The summed E-state index contributed by atoms with van der Waals surface area (Å²) in [7, 11) is 0. The summed E-state index contributed by atoms with van der Waals surface area (Å²) in [5.41, 5.74) is 5.24. The molecule has 0 bridgehead atoms. The van der Waals surface area contributed by atoms with Gasteiger partial charge >= 0.3 is 0 Å². The minimum absolute atomic E-state index is 0.000796. The largest absolute Gasteiger partial charge is 0.490 e. The molecule has 0 radical (unpaired) electrons. The Balaban J connectivity index is 1.75. The number of ether oxygens (including phenoxy) is 1. The molecule has 0 spiro atoms. The van der Waals surface area contributed by atoms with Gasteiger partial charge < -0.3 is 24.8 Å². The van der Waals surface area contributed by atoms with Crippen LogP contribution in [-0.4, -0.2) is 57.1 Å². The second kappa shape index (κ2) is 11.2. The molecule has 0 fully saturated rings. The number of aryl methyl sites for hydroxylation is 3. The number of aromatic nitrogens is 3. The van der Waals surface area contributed by atoms with Crippen LogP contribution in [0.3, 0.4) is 0 Å². The fraction of sp³-hybridized carbons (Fsp3) is 0.440. The van der Waals surface area contributed by atoms with E-state index in [9.17, 15) is 9.90 Å². The van der Waals surface area contributed by atoms with Crippen molar-refractivity contribution in [2.75, 3.05) is 19.8 Å². The van der Waals surface area contributed by atoms with E-state index in [0.29, 0.717) is 23.4 Å². The highest BCUT2D eigenvalue weighted by atomic mass is 16.5. The SMILES string of the molecule is Cc1cc(-c2nc(-c3cc(C)c(OC[C@@H](O)CNC(=O)CO)c(C)c3)no2)cc(CC(C)C)n1. The summed E-state index contributed by atoms with van der Waals surface area (Å²) in [6.07, 6.45) is -0.0314. The van der Waals surface area contributed by atoms with Gasteiger partial charge in [0.05, 0.1) is 0 Å². The lowest BCUT2D eigenvalue weighted by atomic mass is 10.0. The smallest absolute Gasteiger partial charge is 0.258 e. The fourth-order valence-electron chi connectivity index (χ4n) is 3.67. The van der Waals surface area contributed by atoms with Crippen molar-refractivity contribution in [1.82, 2.24) is 20.4 Å². The monoisotopic (exact) mass is 468 g/mol. The number of carbonyl (C=O) groups is 1. The number of nitrogens with one attached hydrogen (secondary N) is 1. The minimum Gasteiger partial charge on any atom is -0.490 e. The van der Waals surface area contributed by atoms with Crippen LogP contribution in [0.5, 0.6) is 5.75 Å². The Morgan fingerprint density at radius 1 is 1.09 bits per heavy atom. The Morgan fingerprint density at radius 2 is 1.79 bits per heavy atom. The third-order valence-electron chi connectivity index (χ3n) is 5.11. The summed E-state index contributed by atoms with van der Waals surface area (Å²) in [6.45, 7) is 9.44. The maximum absolute atomic E-state index is 11.1. The highest BCUT2D eigenvalue weighted by Crippen LogP contribution is 2.30. The minimum atomic E-state index is -0.904. The van der Waals surface area contributed by atoms with Crippen LogP contribution in [0.15, 0.2) is 28.8 Å². The standard InChI is InChI=1S/C25H32N4O5/c1-14(2)6-20-10-19(9-17(5)27-20)25-28-24(29-34-25)18-7-15(3)23(16(4)8-18)33-13-21(31)11-26-22(32)12-30/h7-10,14,21,30-31H,6,11-13H2,1-5H3,(H,26,32)/t21-/m0/s1. The van der Waals surface area contributed by atoms with Crippen molar-refractivity contribution in [1.29, 1.82) is 0 Å². The molecule has 1 atom stereocenters. The van der Waals surface area contributed by atoms with Crippen LogP contribution >= 0.6 is 0 Å². The van der Waals surface area contributed by atoms with E-state index >= 15 is 0 Å². The first kappa shape index (κ1) is 25.3. The molecular formula is C25H32N4O5. The fourth-order valence-corrected chi connectivity index (χ4v) is 3.67. The second-order valence-corrected chi connectivity index (χ2v) is 8.88. The Bertz CT molecular complexity index is 1120. The first-order valence-corrected chi connectivity index (χ1v) is 11.3. The molecule has 0 aliphatic carbocycles. The van der Waals surface area contributed by atoms with Crippen LogP contribution in [0.25, 0.3) is 22.8 Å². The molecule has 0 aliphatic heterocycles. The summed E-state index contributed by atoms with van der Waals surface area (Å²) >= 11 is 0. The average Bonchev–Trinajstić information content (AvgIpc) is 3.26. The Hall–Kier alpha value is -3.30. The van der Waals surface area contributed by atoms with E-state index in [-0.39, 0.29) is 13.2 Å². The van der Waals surface area contributed by atoms with Crippen LogP contribution in [-0.2, 0) is 11.2 Å². The first-order chi connectivity index (χ1) is 16.2. The molecular weight excluding hydrogens is 436 g/mol. The zero-order valence-corrected chi connectivity index (χ0v) is 20.3. The van der Waals surface area contributed by atoms with Gasteiger partial charge in [-0.2, -0.15) is 4.98 Å². The summed E-state index contributed by atoms with van der Waals surface area (Å²) in [4.78, 5) is 20.3. The first-order valence-electron chi connectivity index (χ1n) is 11.3. The molecule has 1 amide bonds. The molecule has 3 rings (SSSR count). The Morgan fingerprint density at radius 3 is 2.44 bits per heavy atom. The van der Waals surface area contributed by atoms with E-state index in [1.54, 1.807) is 0 Å². The third-order valence-corrected chi connectivity index (χ3v) is 5.11. The van der Waals surface area contributed by atoms with Gasteiger partial charge in [0.25, 0.3) is 5.89 Å². The summed E-state index contributed by atoms with van der Waals surface area (Å²) in [6, 6.07) is 7.73. The number of benzene rings is 1. The molecule has 0 saturated heterocycles. The van der Waals surface area contributed by atoms with Crippen molar-refractivity contribution in [3.05, 3.63) is 46.8 Å². The predicted octanol–water partition coefficient (Wildman–Crippen LogP) is 2.77. The van der Waals surface area contributed by atoms with Gasteiger partial charge in [-0.05, 0) is 68.5 Å². The van der Waals surface area contributed by atoms with Crippen LogP contribution in [0, 0.1) is 26.7 Å². The van der Waals surface area contributed by atoms with Gasteiger partial charge in [-0.15, -0.1) is 0 Å². The number of aliphatic hydroxyl groups excluding tert-OH is 2. The molecule has 9 nitrogen and oxygen atoms in total.